The van der Waals surface area contributed by atoms with Crippen LogP contribution in [0.1, 0.15) is 41.0 Å². The van der Waals surface area contributed by atoms with Crippen molar-refractivity contribution in [1.29, 1.82) is 0 Å². The van der Waals surface area contributed by atoms with Crippen molar-refractivity contribution in [1.82, 2.24) is 4.90 Å². The van der Waals surface area contributed by atoms with E-state index in [2.05, 4.69) is 27.7 Å². The Kier molecular flexibility index (Phi) is 2.99. The molecule has 0 aliphatic carbocycles. The van der Waals surface area contributed by atoms with Crippen molar-refractivity contribution < 1.29 is 4.79 Å². The highest BCUT2D eigenvalue weighted by Gasteiger charge is 2.38. The minimum atomic E-state index is 0.225. The summed E-state index contributed by atoms with van der Waals surface area (Å²) in [6.45, 7) is 10.5. The Bertz CT molecular complexity index is 200. The molecule has 2 nitrogen and oxygen atoms in total. The molecule has 0 spiro atoms. The van der Waals surface area contributed by atoms with Gasteiger partial charge in [-0.1, -0.05) is 13.8 Å². The number of likely N-dealkylation sites (tertiary alicyclic amines) is 1. The van der Waals surface area contributed by atoms with Crippen LogP contribution in [0.5, 0.6) is 0 Å². The Morgan fingerprint density at radius 3 is 2.15 bits per heavy atom. The molecule has 0 bridgehead atoms. The van der Waals surface area contributed by atoms with Crippen LogP contribution in [-0.4, -0.2) is 22.9 Å². The largest absolute Gasteiger partial charge is 0.337 e. The summed E-state index contributed by atoms with van der Waals surface area (Å²) in [5, 5.41) is 0. The number of carbonyl (C=O) groups is 1. The average Bonchev–Trinajstić information content (AvgIpc) is 2.26. The first-order valence-electron chi connectivity index (χ1n) is 5.24. The van der Waals surface area contributed by atoms with Gasteiger partial charge in [0, 0.05) is 19.0 Å². The summed E-state index contributed by atoms with van der Waals surface area (Å²) in [6, 6.07) is 0.854. The van der Waals surface area contributed by atoms with Gasteiger partial charge in [0.2, 0.25) is 5.91 Å². The normalized spacial score (nSPS) is 34.3. The zero-order chi connectivity index (χ0) is 10.2. The van der Waals surface area contributed by atoms with Crippen LogP contribution in [0.25, 0.3) is 0 Å². The molecule has 3 atom stereocenters. The quantitative estimate of drug-likeness (QED) is 0.611. The lowest BCUT2D eigenvalue weighted by Gasteiger charge is -2.27. The third kappa shape index (κ3) is 1.87. The molecule has 2 heteroatoms. The summed E-state index contributed by atoms with van der Waals surface area (Å²) >= 11 is 0. The van der Waals surface area contributed by atoms with Crippen molar-refractivity contribution in [2.75, 3.05) is 0 Å². The summed E-state index contributed by atoms with van der Waals surface area (Å²) in [7, 11) is 0. The van der Waals surface area contributed by atoms with Gasteiger partial charge in [-0.15, -0.1) is 0 Å². The summed E-state index contributed by atoms with van der Waals surface area (Å²) in [6.07, 6.45) is 1.17. The van der Waals surface area contributed by atoms with Gasteiger partial charge < -0.3 is 4.90 Å². The Morgan fingerprint density at radius 1 is 1.38 bits per heavy atom. The molecule has 0 saturated carbocycles. The zero-order valence-corrected chi connectivity index (χ0v) is 9.37. The number of hydrogen-bond donors (Lipinski definition) is 0. The number of carbonyl (C=O) groups excluding carboxylic acids is 1. The molecule has 1 saturated heterocycles. The van der Waals surface area contributed by atoms with E-state index in [9.17, 15) is 4.79 Å². The number of hydrogen-bond acceptors (Lipinski definition) is 1. The third-order valence-electron chi connectivity index (χ3n) is 3.37. The molecule has 1 fully saturated rings. The second-order valence-electron chi connectivity index (χ2n) is 4.66. The molecular formula is C11H21NO. The summed E-state index contributed by atoms with van der Waals surface area (Å²) in [5.41, 5.74) is 0. The van der Waals surface area contributed by atoms with Crippen LogP contribution in [-0.2, 0) is 4.79 Å². The number of rotatable bonds is 1. The van der Waals surface area contributed by atoms with Crippen molar-refractivity contribution in [2.45, 2.75) is 53.1 Å². The first-order valence-corrected chi connectivity index (χ1v) is 5.24. The van der Waals surface area contributed by atoms with Crippen LogP contribution in [0.4, 0.5) is 0 Å². The minimum Gasteiger partial charge on any atom is -0.337 e. The van der Waals surface area contributed by atoms with E-state index in [1.54, 1.807) is 6.92 Å². The molecule has 1 amide bonds. The van der Waals surface area contributed by atoms with E-state index in [4.69, 9.17) is 0 Å². The predicted molar refractivity (Wildman–Crippen MR) is 54.4 cm³/mol. The second kappa shape index (κ2) is 3.69. The number of nitrogens with zero attached hydrogens (tertiary/aromatic N) is 1. The predicted octanol–water partition coefficient (Wildman–Crippen LogP) is 2.29. The van der Waals surface area contributed by atoms with Crippen molar-refractivity contribution in [3.8, 4) is 0 Å². The van der Waals surface area contributed by atoms with E-state index in [1.165, 1.54) is 6.42 Å². The lowest BCUT2D eigenvalue weighted by molar-refractivity contribution is -0.131. The topological polar surface area (TPSA) is 20.3 Å². The van der Waals surface area contributed by atoms with Crippen molar-refractivity contribution in [2.24, 2.45) is 11.8 Å². The highest BCUT2D eigenvalue weighted by atomic mass is 16.2. The van der Waals surface area contributed by atoms with E-state index in [1.807, 2.05) is 4.90 Å². The molecule has 0 radical (unpaired) electrons. The summed E-state index contributed by atoms with van der Waals surface area (Å²) in [5.74, 6) is 1.59. The van der Waals surface area contributed by atoms with Crippen LogP contribution in [0.2, 0.25) is 0 Å². The summed E-state index contributed by atoms with van der Waals surface area (Å²) < 4.78 is 0. The van der Waals surface area contributed by atoms with E-state index >= 15 is 0 Å². The van der Waals surface area contributed by atoms with Gasteiger partial charge in [-0.2, -0.15) is 0 Å². The lowest BCUT2D eigenvalue weighted by Crippen LogP contribution is -2.38. The van der Waals surface area contributed by atoms with Gasteiger partial charge in [0.15, 0.2) is 0 Å². The monoisotopic (exact) mass is 183 g/mol. The highest BCUT2D eigenvalue weighted by molar-refractivity contribution is 5.74. The van der Waals surface area contributed by atoms with Gasteiger partial charge in [0.25, 0.3) is 0 Å². The van der Waals surface area contributed by atoms with E-state index < -0.39 is 0 Å². The smallest absolute Gasteiger partial charge is 0.219 e. The van der Waals surface area contributed by atoms with Gasteiger partial charge in [-0.05, 0) is 32.1 Å². The fourth-order valence-corrected chi connectivity index (χ4v) is 2.74. The van der Waals surface area contributed by atoms with Crippen LogP contribution < -0.4 is 0 Å². The maximum Gasteiger partial charge on any atom is 0.219 e. The first-order chi connectivity index (χ1) is 5.95. The molecule has 1 aliphatic rings. The first kappa shape index (κ1) is 10.6. The molecular weight excluding hydrogens is 162 g/mol. The molecule has 3 unspecified atom stereocenters. The Morgan fingerprint density at radius 2 is 1.92 bits per heavy atom. The maximum absolute atomic E-state index is 11.4. The van der Waals surface area contributed by atoms with Crippen molar-refractivity contribution in [3.63, 3.8) is 0 Å². The SMILES string of the molecule is CC(=O)N1C(C)CC(C(C)C)C1C. The maximum atomic E-state index is 11.4. The van der Waals surface area contributed by atoms with Gasteiger partial charge in [-0.3, -0.25) is 4.79 Å². The van der Waals surface area contributed by atoms with E-state index in [0.717, 1.165) is 0 Å². The van der Waals surface area contributed by atoms with E-state index in [0.29, 0.717) is 23.9 Å². The molecule has 1 heterocycles. The standard InChI is InChI=1S/C11H21NO/c1-7(2)11-6-8(3)12(9(11)4)10(5)13/h7-9,11H,6H2,1-5H3. The second-order valence-corrected chi connectivity index (χ2v) is 4.66. The molecule has 0 aromatic rings. The molecule has 1 rings (SSSR count). The Labute approximate surface area is 81.3 Å². The fourth-order valence-electron chi connectivity index (χ4n) is 2.74. The van der Waals surface area contributed by atoms with E-state index in [-0.39, 0.29) is 5.91 Å². The third-order valence-corrected chi connectivity index (χ3v) is 3.37. The van der Waals surface area contributed by atoms with Crippen LogP contribution in [0.3, 0.4) is 0 Å². The number of amides is 1. The Balaban J connectivity index is 2.75. The van der Waals surface area contributed by atoms with Gasteiger partial charge in [0.05, 0.1) is 0 Å². The minimum absolute atomic E-state index is 0.225. The molecule has 1 aliphatic heterocycles. The lowest BCUT2D eigenvalue weighted by atomic mass is 9.89. The molecule has 0 N–H and O–H groups in total. The average molecular weight is 183 g/mol. The molecule has 13 heavy (non-hydrogen) atoms. The summed E-state index contributed by atoms with van der Waals surface area (Å²) in [4.78, 5) is 13.4. The Hall–Kier alpha value is -0.530. The highest BCUT2D eigenvalue weighted by Crippen LogP contribution is 2.34. The molecule has 0 aromatic heterocycles. The van der Waals surface area contributed by atoms with Crippen LogP contribution in [0.15, 0.2) is 0 Å². The van der Waals surface area contributed by atoms with Crippen molar-refractivity contribution >= 4 is 5.91 Å². The molecule has 76 valence electrons. The van der Waals surface area contributed by atoms with Crippen LogP contribution >= 0.6 is 0 Å². The van der Waals surface area contributed by atoms with Gasteiger partial charge in [-0.25, -0.2) is 0 Å². The zero-order valence-electron chi connectivity index (χ0n) is 9.37. The fraction of sp³-hybridized carbons (Fsp3) is 0.909. The van der Waals surface area contributed by atoms with Gasteiger partial charge >= 0.3 is 0 Å². The van der Waals surface area contributed by atoms with Gasteiger partial charge in [0.1, 0.15) is 0 Å². The van der Waals surface area contributed by atoms with Crippen LogP contribution in [0, 0.1) is 11.8 Å². The van der Waals surface area contributed by atoms with Crippen molar-refractivity contribution in [3.05, 3.63) is 0 Å². The molecule has 0 aromatic carbocycles.